The molecule has 0 saturated carbocycles. The summed E-state index contributed by atoms with van der Waals surface area (Å²) >= 11 is 0. The molecule has 1 N–H and O–H groups in total. The van der Waals surface area contributed by atoms with Gasteiger partial charge in [-0.3, -0.25) is 4.72 Å². The van der Waals surface area contributed by atoms with E-state index in [1.165, 1.54) is 0 Å². The monoisotopic (exact) mass is 333 g/mol. The average Bonchev–Trinajstić information content (AvgIpc) is 2.52. The third kappa shape index (κ3) is 4.01. The Balaban J connectivity index is 2.22. The molecule has 124 valence electrons. The summed E-state index contributed by atoms with van der Waals surface area (Å²) in [6, 6.07) is 8.64. The molecule has 2 rings (SSSR count). The van der Waals surface area contributed by atoms with E-state index in [0.717, 1.165) is 29.9 Å². The number of rotatable bonds is 6. The Kier molecular flexibility index (Phi) is 5.26. The van der Waals surface area contributed by atoms with Crippen LogP contribution in [0.25, 0.3) is 0 Å². The van der Waals surface area contributed by atoms with Crippen molar-refractivity contribution in [1.29, 1.82) is 0 Å². The van der Waals surface area contributed by atoms with Crippen molar-refractivity contribution in [2.24, 2.45) is 0 Å². The largest absolute Gasteiger partial charge is 0.371 e. The second-order valence-corrected chi connectivity index (χ2v) is 7.11. The van der Waals surface area contributed by atoms with E-state index in [4.69, 9.17) is 0 Å². The van der Waals surface area contributed by atoms with E-state index in [0.29, 0.717) is 5.82 Å². The molecule has 0 fully saturated rings. The maximum Gasteiger partial charge on any atom is 0.263 e. The lowest BCUT2D eigenvalue weighted by atomic mass is 10.1. The Morgan fingerprint density at radius 1 is 1.04 bits per heavy atom. The van der Waals surface area contributed by atoms with Gasteiger partial charge in [-0.2, -0.15) is 0 Å². The molecule has 0 bridgehead atoms. The van der Waals surface area contributed by atoms with Crippen LogP contribution in [-0.2, 0) is 10.0 Å². The van der Waals surface area contributed by atoms with Gasteiger partial charge in [-0.05, 0) is 63.1 Å². The van der Waals surface area contributed by atoms with Crippen LogP contribution in [0.4, 0.5) is 11.5 Å². The third-order valence-electron chi connectivity index (χ3n) is 3.90. The van der Waals surface area contributed by atoms with Crippen LogP contribution in [-0.4, -0.2) is 26.5 Å². The summed E-state index contributed by atoms with van der Waals surface area (Å²) < 4.78 is 27.4. The lowest BCUT2D eigenvalue weighted by Gasteiger charge is -2.20. The van der Waals surface area contributed by atoms with Gasteiger partial charge in [-0.15, -0.1) is 0 Å². The highest BCUT2D eigenvalue weighted by atomic mass is 32.2. The van der Waals surface area contributed by atoms with Crippen molar-refractivity contribution < 1.29 is 8.42 Å². The highest BCUT2D eigenvalue weighted by Gasteiger charge is 2.15. The van der Waals surface area contributed by atoms with Crippen LogP contribution < -0.4 is 9.62 Å². The van der Waals surface area contributed by atoms with Crippen molar-refractivity contribution in [2.75, 3.05) is 22.7 Å². The number of aromatic nitrogens is 1. The first kappa shape index (κ1) is 17.3. The van der Waals surface area contributed by atoms with Crippen LogP contribution in [0.5, 0.6) is 0 Å². The van der Waals surface area contributed by atoms with Crippen molar-refractivity contribution >= 4 is 21.5 Å². The Morgan fingerprint density at radius 2 is 1.74 bits per heavy atom. The third-order valence-corrected chi connectivity index (χ3v) is 5.26. The summed E-state index contributed by atoms with van der Waals surface area (Å²) in [5, 5.41) is 0. The number of hydrogen-bond donors (Lipinski definition) is 1. The summed E-state index contributed by atoms with van der Waals surface area (Å²) in [5.74, 6) is 0.319. The topological polar surface area (TPSA) is 62.3 Å². The van der Waals surface area contributed by atoms with E-state index >= 15 is 0 Å². The van der Waals surface area contributed by atoms with Crippen molar-refractivity contribution in [2.45, 2.75) is 32.6 Å². The van der Waals surface area contributed by atoms with Crippen LogP contribution in [0.3, 0.4) is 0 Å². The molecule has 23 heavy (non-hydrogen) atoms. The van der Waals surface area contributed by atoms with E-state index in [1.54, 1.807) is 30.5 Å². The van der Waals surface area contributed by atoms with Crippen molar-refractivity contribution in [3.05, 3.63) is 47.7 Å². The van der Waals surface area contributed by atoms with E-state index in [1.807, 2.05) is 19.9 Å². The maximum atomic E-state index is 12.4. The van der Waals surface area contributed by atoms with Gasteiger partial charge in [0.1, 0.15) is 5.82 Å². The molecule has 0 aliphatic heterocycles. The molecule has 1 aromatic carbocycles. The number of benzene rings is 1. The first-order valence-corrected chi connectivity index (χ1v) is 9.16. The number of hydrogen-bond acceptors (Lipinski definition) is 4. The van der Waals surface area contributed by atoms with Gasteiger partial charge in [0.2, 0.25) is 0 Å². The summed E-state index contributed by atoms with van der Waals surface area (Å²) in [7, 11) is -3.62. The fraction of sp³-hybridized carbons (Fsp3) is 0.353. The van der Waals surface area contributed by atoms with Gasteiger partial charge in [0.25, 0.3) is 10.0 Å². The molecule has 0 radical (unpaired) electrons. The van der Waals surface area contributed by atoms with Gasteiger partial charge < -0.3 is 4.90 Å². The first-order chi connectivity index (χ1) is 10.9. The Hall–Kier alpha value is -2.08. The molecule has 0 spiro atoms. The second-order valence-electron chi connectivity index (χ2n) is 5.43. The molecular weight excluding hydrogens is 310 g/mol. The average molecular weight is 333 g/mol. The summed E-state index contributed by atoms with van der Waals surface area (Å²) in [4.78, 5) is 6.61. The molecule has 1 aromatic heterocycles. The van der Waals surface area contributed by atoms with Crippen LogP contribution in [0.2, 0.25) is 0 Å². The predicted octanol–water partition coefficient (Wildman–Crippen LogP) is 3.35. The van der Waals surface area contributed by atoms with Gasteiger partial charge in [-0.1, -0.05) is 6.07 Å². The van der Waals surface area contributed by atoms with Crippen LogP contribution in [0, 0.1) is 13.8 Å². The van der Waals surface area contributed by atoms with Crippen molar-refractivity contribution in [3.8, 4) is 0 Å². The minimum absolute atomic E-state index is 0.246. The Bertz CT molecular complexity index is 767. The SMILES string of the molecule is CCN(CC)c1ccc(NS(=O)(=O)c2ccc(C)c(C)c2)nc1. The number of nitrogens with zero attached hydrogens (tertiary/aromatic N) is 2. The van der Waals surface area contributed by atoms with Gasteiger partial charge in [0, 0.05) is 13.1 Å². The number of sulfonamides is 1. The summed E-state index contributed by atoms with van der Waals surface area (Å²) in [5.41, 5.74) is 2.98. The zero-order chi connectivity index (χ0) is 17.0. The van der Waals surface area contributed by atoms with E-state index in [2.05, 4.69) is 28.5 Å². The van der Waals surface area contributed by atoms with E-state index < -0.39 is 10.0 Å². The fourth-order valence-electron chi connectivity index (χ4n) is 2.30. The molecule has 0 saturated heterocycles. The summed E-state index contributed by atoms with van der Waals surface area (Å²) in [6.07, 6.45) is 1.69. The molecule has 0 amide bonds. The van der Waals surface area contributed by atoms with Crippen LogP contribution in [0.1, 0.15) is 25.0 Å². The standard InChI is InChI=1S/C17H23N3O2S/c1-5-20(6-2)15-8-10-17(18-12-15)19-23(21,22)16-9-7-13(3)14(4)11-16/h7-12H,5-6H2,1-4H3,(H,18,19). The molecule has 0 aliphatic carbocycles. The second kappa shape index (κ2) is 7.00. The minimum Gasteiger partial charge on any atom is -0.371 e. The van der Waals surface area contributed by atoms with Crippen LogP contribution in [0.15, 0.2) is 41.4 Å². The normalized spacial score (nSPS) is 11.3. The van der Waals surface area contributed by atoms with E-state index in [-0.39, 0.29) is 4.90 Å². The molecular formula is C17H23N3O2S. The number of anilines is 2. The maximum absolute atomic E-state index is 12.4. The van der Waals surface area contributed by atoms with Crippen LogP contribution >= 0.6 is 0 Å². The van der Waals surface area contributed by atoms with Gasteiger partial charge in [0.05, 0.1) is 16.8 Å². The Labute approximate surface area is 138 Å². The number of nitrogens with one attached hydrogen (secondary N) is 1. The number of pyridine rings is 1. The van der Waals surface area contributed by atoms with Gasteiger partial charge in [-0.25, -0.2) is 13.4 Å². The molecule has 2 aromatic rings. The van der Waals surface area contributed by atoms with Gasteiger partial charge >= 0.3 is 0 Å². The minimum atomic E-state index is -3.62. The van der Waals surface area contributed by atoms with E-state index in [9.17, 15) is 8.42 Å². The zero-order valence-electron chi connectivity index (χ0n) is 14.0. The Morgan fingerprint density at radius 3 is 2.26 bits per heavy atom. The quantitative estimate of drug-likeness (QED) is 0.880. The fourth-order valence-corrected chi connectivity index (χ4v) is 3.39. The highest BCUT2D eigenvalue weighted by molar-refractivity contribution is 7.92. The van der Waals surface area contributed by atoms with Crippen molar-refractivity contribution in [1.82, 2.24) is 4.98 Å². The summed E-state index contributed by atoms with van der Waals surface area (Å²) in [6.45, 7) is 9.75. The number of aryl methyl sites for hydroxylation is 2. The predicted molar refractivity (Wildman–Crippen MR) is 94.5 cm³/mol. The molecule has 6 heteroatoms. The molecule has 0 aliphatic rings. The molecule has 5 nitrogen and oxygen atoms in total. The smallest absolute Gasteiger partial charge is 0.263 e. The lowest BCUT2D eigenvalue weighted by Crippen LogP contribution is -2.22. The zero-order valence-corrected chi connectivity index (χ0v) is 14.8. The molecule has 0 atom stereocenters. The lowest BCUT2D eigenvalue weighted by molar-refractivity contribution is 0.601. The molecule has 1 heterocycles. The van der Waals surface area contributed by atoms with Crippen molar-refractivity contribution in [3.63, 3.8) is 0 Å². The first-order valence-electron chi connectivity index (χ1n) is 7.68. The van der Waals surface area contributed by atoms with Gasteiger partial charge in [0.15, 0.2) is 0 Å². The molecule has 0 unspecified atom stereocenters. The highest BCUT2D eigenvalue weighted by Crippen LogP contribution is 2.19.